The molecule has 1 aromatic rings. The number of benzene rings is 1. The van der Waals surface area contributed by atoms with Crippen molar-refractivity contribution < 1.29 is 4.79 Å². The first-order valence-corrected chi connectivity index (χ1v) is 6.59. The predicted molar refractivity (Wildman–Crippen MR) is 75.3 cm³/mol. The fourth-order valence-corrected chi connectivity index (χ4v) is 1.93. The Morgan fingerprint density at radius 2 is 1.88 bits per heavy atom. The monoisotopic (exact) mass is 331 g/mol. The van der Waals surface area contributed by atoms with E-state index in [1.807, 2.05) is 24.3 Å². The maximum atomic E-state index is 11.8. The Kier molecular flexibility index (Phi) is 5.41. The first-order valence-electron chi connectivity index (χ1n) is 5.51. The van der Waals surface area contributed by atoms with Gasteiger partial charge in [0.2, 0.25) is 0 Å². The molecule has 0 bridgehead atoms. The van der Waals surface area contributed by atoms with Crippen molar-refractivity contribution in [2.24, 2.45) is 11.7 Å². The van der Waals surface area contributed by atoms with Crippen molar-refractivity contribution in [1.82, 2.24) is 0 Å². The summed E-state index contributed by atoms with van der Waals surface area (Å²) in [5, 5.41) is 0. The van der Waals surface area contributed by atoms with Gasteiger partial charge < -0.3 is 5.73 Å². The zero-order valence-electron chi connectivity index (χ0n) is 9.74. The lowest BCUT2D eigenvalue weighted by molar-refractivity contribution is -0.120. The molecule has 0 aliphatic heterocycles. The van der Waals surface area contributed by atoms with Crippen molar-refractivity contribution in [2.75, 3.05) is 0 Å². The molecule has 1 aromatic carbocycles. The van der Waals surface area contributed by atoms with Crippen LogP contribution in [0.2, 0.25) is 0 Å². The molecule has 1 atom stereocenters. The van der Waals surface area contributed by atoms with Gasteiger partial charge in [-0.2, -0.15) is 0 Å². The zero-order chi connectivity index (χ0) is 12.1. The number of rotatable bonds is 5. The summed E-state index contributed by atoms with van der Waals surface area (Å²) >= 11 is 2.25. The number of Topliss-reactive ketones (excluding diaryl/α,β-unsaturated/α-hetero) is 1. The van der Waals surface area contributed by atoms with Gasteiger partial charge in [-0.05, 0) is 52.6 Å². The molecule has 0 spiro atoms. The molecule has 0 radical (unpaired) electrons. The zero-order valence-corrected chi connectivity index (χ0v) is 11.9. The summed E-state index contributed by atoms with van der Waals surface area (Å²) < 4.78 is 1.18. The third kappa shape index (κ3) is 4.61. The van der Waals surface area contributed by atoms with Gasteiger partial charge in [-0.3, -0.25) is 4.79 Å². The number of nitrogens with two attached hydrogens (primary N) is 1. The average molecular weight is 331 g/mol. The summed E-state index contributed by atoms with van der Waals surface area (Å²) in [6, 6.07) is 7.68. The Bertz CT molecular complexity index is 345. The predicted octanol–water partition coefficient (Wildman–Crippen LogP) is 2.78. The van der Waals surface area contributed by atoms with Crippen LogP contribution in [-0.2, 0) is 11.2 Å². The maximum absolute atomic E-state index is 11.8. The number of carbonyl (C=O) groups is 1. The molecule has 2 nitrogen and oxygen atoms in total. The highest BCUT2D eigenvalue weighted by molar-refractivity contribution is 14.1. The van der Waals surface area contributed by atoms with Crippen LogP contribution in [0.15, 0.2) is 24.3 Å². The number of hydrogen-bond acceptors (Lipinski definition) is 2. The minimum absolute atomic E-state index is 0.134. The average Bonchev–Trinajstić information content (AvgIpc) is 2.20. The van der Waals surface area contributed by atoms with Gasteiger partial charge in [0.05, 0.1) is 6.04 Å². The summed E-state index contributed by atoms with van der Waals surface area (Å²) in [5.41, 5.74) is 6.89. The van der Waals surface area contributed by atoms with Gasteiger partial charge in [0.25, 0.3) is 0 Å². The van der Waals surface area contributed by atoms with Crippen molar-refractivity contribution in [3.63, 3.8) is 0 Å². The van der Waals surface area contributed by atoms with E-state index in [-0.39, 0.29) is 11.8 Å². The van der Waals surface area contributed by atoms with Crippen LogP contribution < -0.4 is 5.73 Å². The second-order valence-electron chi connectivity index (χ2n) is 4.51. The van der Waals surface area contributed by atoms with Gasteiger partial charge in [-0.1, -0.05) is 26.0 Å². The summed E-state index contributed by atoms with van der Waals surface area (Å²) in [6.45, 7) is 4.16. The Morgan fingerprint density at radius 1 is 1.31 bits per heavy atom. The van der Waals surface area contributed by atoms with E-state index >= 15 is 0 Å². The molecule has 0 aliphatic rings. The van der Waals surface area contributed by atoms with E-state index in [1.54, 1.807) is 0 Å². The van der Waals surface area contributed by atoms with Crippen LogP contribution in [0.1, 0.15) is 25.8 Å². The van der Waals surface area contributed by atoms with Crippen molar-refractivity contribution >= 4 is 28.4 Å². The Labute approximate surface area is 111 Å². The van der Waals surface area contributed by atoms with Crippen LogP contribution >= 0.6 is 22.6 Å². The minimum atomic E-state index is -0.320. The molecule has 0 fully saturated rings. The quantitative estimate of drug-likeness (QED) is 0.843. The van der Waals surface area contributed by atoms with Crippen LogP contribution in [-0.4, -0.2) is 11.8 Å². The molecular weight excluding hydrogens is 313 g/mol. The van der Waals surface area contributed by atoms with E-state index in [2.05, 4.69) is 36.4 Å². The van der Waals surface area contributed by atoms with E-state index in [4.69, 9.17) is 5.73 Å². The van der Waals surface area contributed by atoms with E-state index in [1.165, 1.54) is 3.57 Å². The van der Waals surface area contributed by atoms with Crippen molar-refractivity contribution in [2.45, 2.75) is 32.7 Å². The SMILES string of the molecule is CC(C)CC(N)C(=O)Cc1ccc(I)cc1. The number of halogens is 1. The smallest absolute Gasteiger partial charge is 0.153 e. The fourth-order valence-electron chi connectivity index (χ4n) is 1.57. The van der Waals surface area contributed by atoms with Gasteiger partial charge in [0.1, 0.15) is 0 Å². The standard InChI is InChI=1S/C13H18INO/c1-9(2)7-12(15)13(16)8-10-3-5-11(14)6-4-10/h3-6,9,12H,7-8,15H2,1-2H3. The van der Waals surface area contributed by atoms with Gasteiger partial charge in [-0.25, -0.2) is 0 Å². The minimum Gasteiger partial charge on any atom is -0.321 e. The van der Waals surface area contributed by atoms with E-state index in [0.29, 0.717) is 12.3 Å². The normalized spacial score (nSPS) is 12.8. The van der Waals surface area contributed by atoms with Gasteiger partial charge >= 0.3 is 0 Å². The van der Waals surface area contributed by atoms with E-state index < -0.39 is 0 Å². The number of carbonyl (C=O) groups excluding carboxylic acids is 1. The fraction of sp³-hybridized carbons (Fsp3) is 0.462. The van der Waals surface area contributed by atoms with Crippen LogP contribution in [0, 0.1) is 9.49 Å². The molecule has 88 valence electrons. The Balaban J connectivity index is 2.54. The highest BCUT2D eigenvalue weighted by Gasteiger charge is 2.15. The molecule has 0 saturated carbocycles. The summed E-state index contributed by atoms with van der Waals surface area (Å²) in [6.07, 6.45) is 1.22. The molecule has 0 aliphatic carbocycles. The van der Waals surface area contributed by atoms with Crippen LogP contribution in [0.4, 0.5) is 0 Å². The highest BCUT2D eigenvalue weighted by Crippen LogP contribution is 2.10. The number of ketones is 1. The lowest BCUT2D eigenvalue weighted by atomic mass is 9.97. The van der Waals surface area contributed by atoms with E-state index in [0.717, 1.165) is 12.0 Å². The number of hydrogen-bond donors (Lipinski definition) is 1. The van der Waals surface area contributed by atoms with Crippen LogP contribution in [0.5, 0.6) is 0 Å². The second kappa shape index (κ2) is 6.35. The Morgan fingerprint density at radius 3 is 2.38 bits per heavy atom. The highest BCUT2D eigenvalue weighted by atomic mass is 127. The molecule has 0 amide bonds. The van der Waals surface area contributed by atoms with E-state index in [9.17, 15) is 4.79 Å². The van der Waals surface area contributed by atoms with Crippen LogP contribution in [0.3, 0.4) is 0 Å². The van der Waals surface area contributed by atoms with Gasteiger partial charge in [-0.15, -0.1) is 0 Å². The third-order valence-corrected chi connectivity index (χ3v) is 3.15. The molecule has 0 aromatic heterocycles. The topological polar surface area (TPSA) is 43.1 Å². The molecule has 16 heavy (non-hydrogen) atoms. The van der Waals surface area contributed by atoms with Gasteiger partial charge in [0, 0.05) is 9.99 Å². The molecular formula is C13H18INO. The third-order valence-electron chi connectivity index (χ3n) is 2.43. The lowest BCUT2D eigenvalue weighted by Gasteiger charge is -2.12. The molecule has 0 heterocycles. The second-order valence-corrected chi connectivity index (χ2v) is 5.75. The summed E-state index contributed by atoms with van der Waals surface area (Å²) in [4.78, 5) is 11.8. The molecule has 0 saturated heterocycles. The molecule has 1 unspecified atom stereocenters. The van der Waals surface area contributed by atoms with Crippen molar-refractivity contribution in [3.8, 4) is 0 Å². The van der Waals surface area contributed by atoms with Gasteiger partial charge in [0.15, 0.2) is 5.78 Å². The summed E-state index contributed by atoms with van der Waals surface area (Å²) in [7, 11) is 0. The first kappa shape index (κ1) is 13.6. The molecule has 2 N–H and O–H groups in total. The molecule has 1 rings (SSSR count). The van der Waals surface area contributed by atoms with Crippen molar-refractivity contribution in [3.05, 3.63) is 33.4 Å². The Hall–Kier alpha value is -0.420. The van der Waals surface area contributed by atoms with Crippen LogP contribution in [0.25, 0.3) is 0 Å². The summed E-state index contributed by atoms with van der Waals surface area (Å²) in [5.74, 6) is 0.602. The molecule has 3 heteroatoms. The lowest BCUT2D eigenvalue weighted by Crippen LogP contribution is -2.33. The largest absolute Gasteiger partial charge is 0.321 e. The maximum Gasteiger partial charge on any atom is 0.153 e. The van der Waals surface area contributed by atoms with Crippen molar-refractivity contribution in [1.29, 1.82) is 0 Å². The first-order chi connectivity index (χ1) is 7.49.